The molecular weight excluding hydrogens is 276 g/mol. The molecule has 1 rings (SSSR count). The molecule has 0 aliphatic heterocycles. The number of rotatable bonds is 6. The second kappa shape index (κ2) is 6.60. The number of hydrogen-bond acceptors (Lipinski definition) is 3. The van der Waals surface area contributed by atoms with Gasteiger partial charge < -0.3 is 15.5 Å². The van der Waals surface area contributed by atoms with Gasteiger partial charge in [0.15, 0.2) is 11.6 Å². The zero-order chi connectivity index (χ0) is 15.3. The van der Waals surface area contributed by atoms with Crippen LogP contribution in [-0.2, 0) is 20.8 Å². The quantitative estimate of drug-likeness (QED) is 0.709. The van der Waals surface area contributed by atoms with Gasteiger partial charge in [-0.25, -0.2) is 13.6 Å². The molecule has 0 bridgehead atoms. The lowest BCUT2D eigenvalue weighted by Gasteiger charge is -2.12. The van der Waals surface area contributed by atoms with E-state index in [0.29, 0.717) is 0 Å². The van der Waals surface area contributed by atoms with E-state index in [9.17, 15) is 23.2 Å². The Hall–Kier alpha value is -2.51. The van der Waals surface area contributed by atoms with Crippen molar-refractivity contribution in [1.29, 1.82) is 0 Å². The third-order valence-electron chi connectivity index (χ3n) is 2.36. The first-order valence-electron chi connectivity index (χ1n) is 5.47. The van der Waals surface area contributed by atoms with Gasteiger partial charge in [0.2, 0.25) is 5.91 Å². The van der Waals surface area contributed by atoms with Gasteiger partial charge in [-0.2, -0.15) is 0 Å². The summed E-state index contributed by atoms with van der Waals surface area (Å²) in [5.41, 5.74) is 0.140. The summed E-state index contributed by atoms with van der Waals surface area (Å²) in [6.07, 6.45) is -1.17. The largest absolute Gasteiger partial charge is 0.481 e. The molecule has 0 radical (unpaired) electrons. The molecule has 3 N–H and O–H groups in total. The van der Waals surface area contributed by atoms with Crippen LogP contribution in [0.5, 0.6) is 0 Å². The van der Waals surface area contributed by atoms with Gasteiger partial charge in [0, 0.05) is 0 Å². The van der Waals surface area contributed by atoms with Crippen LogP contribution in [0, 0.1) is 11.6 Å². The lowest BCUT2D eigenvalue weighted by molar-refractivity contribution is -0.147. The zero-order valence-corrected chi connectivity index (χ0v) is 10.1. The van der Waals surface area contributed by atoms with E-state index in [2.05, 4.69) is 0 Å². The van der Waals surface area contributed by atoms with E-state index in [1.54, 1.807) is 0 Å². The molecule has 0 aliphatic rings. The Morgan fingerprint density at radius 2 is 1.80 bits per heavy atom. The summed E-state index contributed by atoms with van der Waals surface area (Å²) in [6.45, 7) is 0. The first kappa shape index (κ1) is 15.5. The van der Waals surface area contributed by atoms with E-state index in [0.717, 1.165) is 12.1 Å². The molecule has 8 heteroatoms. The van der Waals surface area contributed by atoms with Crippen LogP contribution in [0.3, 0.4) is 0 Å². The minimum Gasteiger partial charge on any atom is -0.481 e. The summed E-state index contributed by atoms with van der Waals surface area (Å²) in [5.74, 6) is -5.87. The maximum absolute atomic E-state index is 12.9. The zero-order valence-electron chi connectivity index (χ0n) is 10.1. The summed E-state index contributed by atoms with van der Waals surface area (Å²) in [4.78, 5) is 32.7. The number of carboxylic acids is 2. The maximum atomic E-state index is 12.9. The molecule has 0 saturated carbocycles. The van der Waals surface area contributed by atoms with Crippen molar-refractivity contribution in [2.75, 3.05) is 0 Å². The molecule has 108 valence electrons. The summed E-state index contributed by atoms with van der Waals surface area (Å²) in [6, 6.07) is 1.24. The number of hydrogen-bond donors (Lipinski definition) is 3. The SMILES string of the molecule is O=C(O)C[C@H](NC(=O)Cc1ccc(F)c(F)c1)C(=O)O. The lowest BCUT2D eigenvalue weighted by Crippen LogP contribution is -2.42. The van der Waals surface area contributed by atoms with Gasteiger partial charge in [-0.3, -0.25) is 9.59 Å². The number of carbonyl (C=O) groups excluding carboxylic acids is 1. The summed E-state index contributed by atoms with van der Waals surface area (Å²) in [5, 5.41) is 19.2. The van der Waals surface area contributed by atoms with E-state index in [1.807, 2.05) is 5.32 Å². The summed E-state index contributed by atoms with van der Waals surface area (Å²) >= 11 is 0. The van der Waals surface area contributed by atoms with Crippen molar-refractivity contribution in [3.8, 4) is 0 Å². The lowest BCUT2D eigenvalue weighted by atomic mass is 10.1. The van der Waals surface area contributed by atoms with Crippen molar-refractivity contribution in [3.05, 3.63) is 35.4 Å². The molecule has 0 fully saturated rings. The predicted octanol–water partition coefficient (Wildman–Crippen LogP) is 0.551. The molecule has 0 spiro atoms. The minimum atomic E-state index is -1.58. The molecule has 0 saturated heterocycles. The number of halogens is 2. The van der Waals surface area contributed by atoms with Gasteiger partial charge in [-0.15, -0.1) is 0 Å². The first-order chi connectivity index (χ1) is 9.29. The molecule has 20 heavy (non-hydrogen) atoms. The number of aliphatic carboxylic acids is 2. The highest BCUT2D eigenvalue weighted by Crippen LogP contribution is 2.09. The second-order valence-corrected chi connectivity index (χ2v) is 3.98. The Kier molecular flexibility index (Phi) is 5.13. The van der Waals surface area contributed by atoms with Crippen molar-refractivity contribution >= 4 is 17.8 Å². The fourth-order valence-electron chi connectivity index (χ4n) is 1.46. The average Bonchev–Trinajstić information content (AvgIpc) is 2.32. The highest BCUT2D eigenvalue weighted by atomic mass is 19.2. The van der Waals surface area contributed by atoms with Crippen molar-refractivity contribution in [3.63, 3.8) is 0 Å². The molecule has 0 aromatic heterocycles. The van der Waals surface area contributed by atoms with Crippen LogP contribution in [0.2, 0.25) is 0 Å². The highest BCUT2D eigenvalue weighted by Gasteiger charge is 2.23. The normalized spacial score (nSPS) is 11.7. The van der Waals surface area contributed by atoms with Crippen LogP contribution < -0.4 is 5.32 Å². The summed E-state index contributed by atoms with van der Waals surface area (Å²) in [7, 11) is 0. The van der Waals surface area contributed by atoms with E-state index in [-0.39, 0.29) is 12.0 Å². The second-order valence-electron chi connectivity index (χ2n) is 3.98. The third kappa shape index (κ3) is 4.63. The number of carboxylic acid groups (broad SMARTS) is 2. The van der Waals surface area contributed by atoms with Crippen molar-refractivity contribution in [2.24, 2.45) is 0 Å². The predicted molar refractivity (Wildman–Crippen MR) is 61.9 cm³/mol. The molecular formula is C12H11F2NO5. The number of nitrogens with one attached hydrogen (secondary N) is 1. The van der Waals surface area contributed by atoms with Gasteiger partial charge in [-0.1, -0.05) is 6.07 Å². The van der Waals surface area contributed by atoms with Gasteiger partial charge in [0.25, 0.3) is 0 Å². The van der Waals surface area contributed by atoms with Crippen LogP contribution in [-0.4, -0.2) is 34.1 Å². The van der Waals surface area contributed by atoms with E-state index in [4.69, 9.17) is 10.2 Å². The van der Waals surface area contributed by atoms with Crippen LogP contribution >= 0.6 is 0 Å². The van der Waals surface area contributed by atoms with Crippen LogP contribution in [0.4, 0.5) is 8.78 Å². The third-order valence-corrected chi connectivity index (χ3v) is 2.36. The maximum Gasteiger partial charge on any atom is 0.326 e. The topological polar surface area (TPSA) is 104 Å². The molecule has 6 nitrogen and oxygen atoms in total. The first-order valence-corrected chi connectivity index (χ1v) is 5.47. The molecule has 1 aromatic rings. The fourth-order valence-corrected chi connectivity index (χ4v) is 1.46. The molecule has 0 aliphatic carbocycles. The fraction of sp³-hybridized carbons (Fsp3) is 0.250. The Bertz CT molecular complexity index is 547. The van der Waals surface area contributed by atoms with Crippen molar-refractivity contribution < 1.29 is 33.4 Å². The number of carbonyl (C=O) groups is 3. The Morgan fingerprint density at radius 3 is 2.30 bits per heavy atom. The standard InChI is InChI=1S/C12H11F2NO5/c13-7-2-1-6(3-8(7)14)4-10(16)15-9(12(19)20)5-11(17)18/h1-3,9H,4-5H2,(H,15,16)(H,17,18)(H,19,20)/t9-/m0/s1. The highest BCUT2D eigenvalue weighted by molar-refractivity contribution is 5.87. The van der Waals surface area contributed by atoms with E-state index < -0.39 is 41.9 Å². The smallest absolute Gasteiger partial charge is 0.326 e. The molecule has 0 unspecified atom stereocenters. The van der Waals surface area contributed by atoms with Gasteiger partial charge in [-0.05, 0) is 17.7 Å². The van der Waals surface area contributed by atoms with E-state index >= 15 is 0 Å². The van der Waals surface area contributed by atoms with Crippen LogP contribution in [0.15, 0.2) is 18.2 Å². The Morgan fingerprint density at radius 1 is 1.15 bits per heavy atom. The van der Waals surface area contributed by atoms with E-state index in [1.165, 1.54) is 6.07 Å². The molecule has 1 atom stereocenters. The number of amides is 1. The molecule has 1 aromatic carbocycles. The van der Waals surface area contributed by atoms with Gasteiger partial charge >= 0.3 is 11.9 Å². The number of benzene rings is 1. The van der Waals surface area contributed by atoms with Crippen molar-refractivity contribution in [2.45, 2.75) is 18.9 Å². The van der Waals surface area contributed by atoms with Gasteiger partial charge in [0.05, 0.1) is 12.8 Å². The molecule has 0 heterocycles. The van der Waals surface area contributed by atoms with Gasteiger partial charge in [0.1, 0.15) is 6.04 Å². The average molecular weight is 287 g/mol. The van der Waals surface area contributed by atoms with Crippen LogP contribution in [0.25, 0.3) is 0 Å². The monoisotopic (exact) mass is 287 g/mol. The summed E-state index contributed by atoms with van der Waals surface area (Å²) < 4.78 is 25.6. The molecule has 1 amide bonds. The Labute approximate surface area is 112 Å². The van der Waals surface area contributed by atoms with Crippen LogP contribution in [0.1, 0.15) is 12.0 Å². The minimum absolute atomic E-state index is 0.140. The van der Waals surface area contributed by atoms with Crippen molar-refractivity contribution in [1.82, 2.24) is 5.32 Å². The Balaban J connectivity index is 2.67.